The first kappa shape index (κ1) is 16.1. The van der Waals surface area contributed by atoms with Crippen molar-refractivity contribution in [3.05, 3.63) is 36.0 Å². The van der Waals surface area contributed by atoms with E-state index in [1.54, 1.807) is 17.0 Å². The standard InChI is InChI=1S/C16H17FN4O3/c17-12-6-4-11(5-7-12)16-19-14(24-20-16)2-1-3-15(23)21-9-8-18-13(22)10-21/h4-7H,1-3,8-10H2,(H,18,22). The molecule has 0 spiro atoms. The van der Waals surface area contributed by atoms with Crippen molar-refractivity contribution in [1.29, 1.82) is 0 Å². The molecule has 1 fully saturated rings. The van der Waals surface area contributed by atoms with Crippen molar-refractivity contribution >= 4 is 11.8 Å². The lowest BCUT2D eigenvalue weighted by atomic mass is 10.2. The summed E-state index contributed by atoms with van der Waals surface area (Å²) >= 11 is 0. The van der Waals surface area contributed by atoms with E-state index in [0.717, 1.165) is 0 Å². The minimum Gasteiger partial charge on any atom is -0.353 e. The summed E-state index contributed by atoms with van der Waals surface area (Å²) in [4.78, 5) is 29.1. The minimum absolute atomic E-state index is 0.0527. The van der Waals surface area contributed by atoms with Crippen LogP contribution in [-0.2, 0) is 16.0 Å². The first-order valence-corrected chi connectivity index (χ1v) is 7.75. The van der Waals surface area contributed by atoms with Gasteiger partial charge in [0.2, 0.25) is 23.5 Å². The van der Waals surface area contributed by atoms with Gasteiger partial charge in [-0.15, -0.1) is 0 Å². The zero-order valence-electron chi connectivity index (χ0n) is 13.0. The molecule has 7 nitrogen and oxygen atoms in total. The lowest BCUT2D eigenvalue weighted by molar-refractivity contribution is -0.138. The van der Waals surface area contributed by atoms with Crippen LogP contribution in [0.2, 0.25) is 0 Å². The average Bonchev–Trinajstić information content (AvgIpc) is 3.04. The van der Waals surface area contributed by atoms with Crippen LogP contribution in [0, 0.1) is 5.82 Å². The molecule has 0 saturated carbocycles. The predicted octanol–water partition coefficient (Wildman–Crippen LogP) is 1.16. The third-order valence-corrected chi connectivity index (χ3v) is 3.74. The molecule has 24 heavy (non-hydrogen) atoms. The number of nitrogens with zero attached hydrogens (tertiary/aromatic N) is 3. The monoisotopic (exact) mass is 332 g/mol. The van der Waals surface area contributed by atoms with E-state index in [1.807, 2.05) is 0 Å². The van der Waals surface area contributed by atoms with Crippen molar-refractivity contribution in [2.24, 2.45) is 0 Å². The van der Waals surface area contributed by atoms with Gasteiger partial charge in [0.1, 0.15) is 5.82 Å². The maximum absolute atomic E-state index is 12.9. The van der Waals surface area contributed by atoms with E-state index in [4.69, 9.17) is 4.52 Å². The molecular weight excluding hydrogens is 315 g/mol. The van der Waals surface area contributed by atoms with Crippen LogP contribution in [0.4, 0.5) is 4.39 Å². The third-order valence-electron chi connectivity index (χ3n) is 3.74. The van der Waals surface area contributed by atoms with Gasteiger partial charge in [0, 0.05) is 31.5 Å². The third kappa shape index (κ3) is 3.95. The number of aromatic nitrogens is 2. The van der Waals surface area contributed by atoms with Gasteiger partial charge in [0.15, 0.2) is 0 Å². The SMILES string of the molecule is O=C1CN(C(=O)CCCc2nc(-c3ccc(F)cc3)no2)CCN1. The van der Waals surface area contributed by atoms with Gasteiger partial charge >= 0.3 is 0 Å². The van der Waals surface area contributed by atoms with Crippen LogP contribution in [0.25, 0.3) is 11.4 Å². The van der Waals surface area contributed by atoms with Crippen LogP contribution in [0.15, 0.2) is 28.8 Å². The molecule has 0 unspecified atom stereocenters. The number of halogens is 1. The molecule has 2 aromatic rings. The highest BCUT2D eigenvalue weighted by Crippen LogP contribution is 2.17. The summed E-state index contributed by atoms with van der Waals surface area (Å²) in [5.41, 5.74) is 0.668. The molecule has 1 aliphatic rings. The number of amides is 2. The molecule has 1 aromatic heterocycles. The van der Waals surface area contributed by atoms with Crippen molar-refractivity contribution in [3.8, 4) is 11.4 Å². The summed E-state index contributed by atoms with van der Waals surface area (Å²) in [7, 11) is 0. The molecule has 1 aromatic carbocycles. The quantitative estimate of drug-likeness (QED) is 0.887. The maximum Gasteiger partial charge on any atom is 0.239 e. The first-order valence-electron chi connectivity index (χ1n) is 7.75. The number of aryl methyl sites for hydroxylation is 1. The molecule has 1 aliphatic heterocycles. The normalized spacial score (nSPS) is 14.5. The Hall–Kier alpha value is -2.77. The lowest BCUT2D eigenvalue weighted by Crippen LogP contribution is -2.49. The predicted molar refractivity (Wildman–Crippen MR) is 82.2 cm³/mol. The molecular formula is C16H17FN4O3. The van der Waals surface area contributed by atoms with Crippen LogP contribution in [0.3, 0.4) is 0 Å². The Kier molecular flexibility index (Phi) is 4.83. The second-order valence-electron chi connectivity index (χ2n) is 5.54. The Morgan fingerprint density at radius 1 is 1.33 bits per heavy atom. The van der Waals surface area contributed by atoms with Crippen molar-refractivity contribution in [1.82, 2.24) is 20.4 Å². The zero-order chi connectivity index (χ0) is 16.9. The summed E-state index contributed by atoms with van der Waals surface area (Å²) in [5.74, 6) is 0.313. The molecule has 126 valence electrons. The number of carbonyl (C=O) groups excluding carboxylic acids is 2. The van der Waals surface area contributed by atoms with Crippen LogP contribution < -0.4 is 5.32 Å². The van der Waals surface area contributed by atoms with Gasteiger partial charge in [-0.25, -0.2) is 4.39 Å². The van der Waals surface area contributed by atoms with Gasteiger partial charge in [-0.1, -0.05) is 5.16 Å². The molecule has 8 heteroatoms. The van der Waals surface area contributed by atoms with Crippen LogP contribution in [0.5, 0.6) is 0 Å². The Labute approximate surface area is 137 Å². The van der Waals surface area contributed by atoms with Gasteiger partial charge < -0.3 is 14.7 Å². The topological polar surface area (TPSA) is 88.3 Å². The van der Waals surface area contributed by atoms with E-state index in [9.17, 15) is 14.0 Å². The number of carbonyl (C=O) groups is 2. The molecule has 0 radical (unpaired) electrons. The van der Waals surface area contributed by atoms with Crippen molar-refractivity contribution in [3.63, 3.8) is 0 Å². The Balaban J connectivity index is 1.49. The van der Waals surface area contributed by atoms with E-state index in [2.05, 4.69) is 15.5 Å². The maximum atomic E-state index is 12.9. The molecule has 0 atom stereocenters. The van der Waals surface area contributed by atoms with E-state index in [1.165, 1.54) is 12.1 Å². The largest absolute Gasteiger partial charge is 0.353 e. The van der Waals surface area contributed by atoms with Gasteiger partial charge in [-0.05, 0) is 30.7 Å². The highest BCUT2D eigenvalue weighted by Gasteiger charge is 2.20. The Morgan fingerprint density at radius 3 is 2.88 bits per heavy atom. The van der Waals surface area contributed by atoms with Gasteiger partial charge in [0.05, 0.1) is 6.54 Å². The Bertz CT molecular complexity index is 729. The fourth-order valence-electron chi connectivity index (χ4n) is 2.47. The minimum atomic E-state index is -0.327. The molecule has 0 bridgehead atoms. The second kappa shape index (κ2) is 7.20. The molecule has 2 amide bonds. The first-order chi connectivity index (χ1) is 11.6. The number of rotatable bonds is 5. The fraction of sp³-hybridized carbons (Fsp3) is 0.375. The average molecular weight is 332 g/mol. The summed E-state index contributed by atoms with van der Waals surface area (Å²) in [6.45, 7) is 1.16. The van der Waals surface area contributed by atoms with Crippen molar-refractivity contribution in [2.75, 3.05) is 19.6 Å². The number of benzene rings is 1. The van der Waals surface area contributed by atoms with Crippen LogP contribution >= 0.6 is 0 Å². The summed E-state index contributed by atoms with van der Waals surface area (Å²) < 4.78 is 18.1. The molecule has 1 saturated heterocycles. The molecule has 0 aliphatic carbocycles. The summed E-state index contributed by atoms with van der Waals surface area (Å²) in [5, 5.41) is 6.54. The highest BCUT2D eigenvalue weighted by atomic mass is 19.1. The summed E-state index contributed by atoms with van der Waals surface area (Å²) in [6.07, 6.45) is 1.35. The van der Waals surface area contributed by atoms with E-state index < -0.39 is 0 Å². The van der Waals surface area contributed by atoms with E-state index in [0.29, 0.717) is 49.6 Å². The van der Waals surface area contributed by atoms with E-state index >= 15 is 0 Å². The second-order valence-corrected chi connectivity index (χ2v) is 5.54. The van der Waals surface area contributed by atoms with Gasteiger partial charge in [0.25, 0.3) is 0 Å². The number of piperazine rings is 1. The zero-order valence-corrected chi connectivity index (χ0v) is 13.0. The number of hydrogen-bond acceptors (Lipinski definition) is 5. The smallest absolute Gasteiger partial charge is 0.239 e. The molecule has 3 rings (SSSR count). The van der Waals surface area contributed by atoms with Gasteiger partial charge in [-0.2, -0.15) is 4.98 Å². The molecule has 2 heterocycles. The lowest BCUT2D eigenvalue weighted by Gasteiger charge is -2.26. The van der Waals surface area contributed by atoms with Crippen molar-refractivity contribution in [2.45, 2.75) is 19.3 Å². The van der Waals surface area contributed by atoms with Crippen LogP contribution in [0.1, 0.15) is 18.7 Å². The highest BCUT2D eigenvalue weighted by molar-refractivity contribution is 5.85. The Morgan fingerprint density at radius 2 is 2.12 bits per heavy atom. The van der Waals surface area contributed by atoms with E-state index in [-0.39, 0.29) is 24.2 Å². The van der Waals surface area contributed by atoms with Gasteiger partial charge in [-0.3, -0.25) is 9.59 Å². The van der Waals surface area contributed by atoms with Crippen molar-refractivity contribution < 1.29 is 18.5 Å². The molecule has 1 N–H and O–H groups in total. The van der Waals surface area contributed by atoms with Crippen LogP contribution in [-0.4, -0.2) is 46.5 Å². The number of nitrogens with one attached hydrogen (secondary N) is 1. The summed E-state index contributed by atoms with van der Waals surface area (Å²) in [6, 6.07) is 5.82. The fourth-order valence-corrected chi connectivity index (χ4v) is 2.47. The number of hydrogen-bond donors (Lipinski definition) is 1.